The summed E-state index contributed by atoms with van der Waals surface area (Å²) in [5, 5.41) is 9.77. The van der Waals surface area contributed by atoms with Gasteiger partial charge in [-0.3, -0.25) is 0 Å². The van der Waals surface area contributed by atoms with Crippen molar-refractivity contribution in [3.05, 3.63) is 0 Å². The topological polar surface area (TPSA) is 38.7 Å². The molecule has 18 heavy (non-hydrogen) atoms. The Hall–Kier alpha value is -0.120. The van der Waals surface area contributed by atoms with Crippen LogP contribution in [-0.2, 0) is 9.47 Å². The van der Waals surface area contributed by atoms with Crippen LogP contribution in [-0.4, -0.2) is 37.6 Å². The Morgan fingerprint density at radius 2 is 1.72 bits per heavy atom. The molecule has 0 amide bonds. The maximum atomic E-state index is 9.77. The molecule has 2 fully saturated rings. The second kappa shape index (κ2) is 6.88. The van der Waals surface area contributed by atoms with Crippen LogP contribution in [0.2, 0.25) is 0 Å². The van der Waals surface area contributed by atoms with Crippen LogP contribution in [0.3, 0.4) is 0 Å². The summed E-state index contributed by atoms with van der Waals surface area (Å²) in [6, 6.07) is 0. The van der Waals surface area contributed by atoms with Crippen molar-refractivity contribution in [1.82, 2.24) is 0 Å². The van der Waals surface area contributed by atoms with Gasteiger partial charge in [0, 0.05) is 20.1 Å². The van der Waals surface area contributed by atoms with Crippen LogP contribution < -0.4 is 0 Å². The van der Waals surface area contributed by atoms with Gasteiger partial charge >= 0.3 is 0 Å². The van der Waals surface area contributed by atoms with Gasteiger partial charge < -0.3 is 14.6 Å². The third-order valence-corrected chi connectivity index (χ3v) is 4.93. The summed E-state index contributed by atoms with van der Waals surface area (Å²) in [5.41, 5.74) is 0. The molecule has 106 valence electrons. The largest absolute Gasteiger partial charge is 0.393 e. The molecule has 3 nitrogen and oxygen atoms in total. The smallest absolute Gasteiger partial charge is 0.0652 e. The van der Waals surface area contributed by atoms with Crippen molar-refractivity contribution in [2.45, 2.75) is 69.7 Å². The maximum Gasteiger partial charge on any atom is 0.0652 e. The Balaban J connectivity index is 2.00. The lowest BCUT2D eigenvalue weighted by Crippen LogP contribution is -2.44. The van der Waals surface area contributed by atoms with Crippen molar-refractivity contribution in [2.75, 3.05) is 14.2 Å². The lowest BCUT2D eigenvalue weighted by molar-refractivity contribution is -0.101. The fraction of sp³-hybridized carbons (Fsp3) is 1.00. The van der Waals surface area contributed by atoms with Crippen LogP contribution in [0.15, 0.2) is 0 Å². The third-order valence-electron chi connectivity index (χ3n) is 4.93. The highest BCUT2D eigenvalue weighted by Crippen LogP contribution is 2.38. The van der Waals surface area contributed by atoms with Crippen LogP contribution in [0.4, 0.5) is 0 Å². The second-order valence-electron chi connectivity index (χ2n) is 6.00. The van der Waals surface area contributed by atoms with E-state index in [1.54, 1.807) is 7.11 Å². The van der Waals surface area contributed by atoms with Crippen LogP contribution in [0, 0.1) is 11.8 Å². The van der Waals surface area contributed by atoms with Crippen molar-refractivity contribution >= 4 is 0 Å². The molecule has 3 heteroatoms. The molecular weight excluding hydrogens is 228 g/mol. The summed E-state index contributed by atoms with van der Waals surface area (Å²) in [6.07, 6.45) is 9.68. The molecule has 1 N–H and O–H groups in total. The van der Waals surface area contributed by atoms with E-state index >= 15 is 0 Å². The monoisotopic (exact) mass is 256 g/mol. The van der Waals surface area contributed by atoms with E-state index in [-0.39, 0.29) is 12.2 Å². The standard InChI is InChI=1S/C15H28O3/c1-17-14-10-12(16)8-9-13(14)15(18-2)11-6-4-3-5-7-11/h11-16H,3-10H2,1-2H3. The van der Waals surface area contributed by atoms with E-state index in [0.29, 0.717) is 17.9 Å². The summed E-state index contributed by atoms with van der Waals surface area (Å²) in [4.78, 5) is 0. The summed E-state index contributed by atoms with van der Waals surface area (Å²) < 4.78 is 11.4. The summed E-state index contributed by atoms with van der Waals surface area (Å²) >= 11 is 0. The molecule has 2 aliphatic carbocycles. The summed E-state index contributed by atoms with van der Waals surface area (Å²) in [7, 11) is 3.61. The van der Waals surface area contributed by atoms with Gasteiger partial charge in [0.25, 0.3) is 0 Å². The lowest BCUT2D eigenvalue weighted by atomic mass is 9.73. The molecule has 2 rings (SSSR count). The Morgan fingerprint density at radius 3 is 2.33 bits per heavy atom. The number of hydrogen-bond acceptors (Lipinski definition) is 3. The Morgan fingerprint density at radius 1 is 1.00 bits per heavy atom. The van der Waals surface area contributed by atoms with Gasteiger partial charge in [0.05, 0.1) is 18.3 Å². The summed E-state index contributed by atoms with van der Waals surface area (Å²) in [5.74, 6) is 1.16. The van der Waals surface area contributed by atoms with Crippen LogP contribution in [0.5, 0.6) is 0 Å². The molecule has 2 saturated carbocycles. The number of methoxy groups -OCH3 is 2. The minimum Gasteiger partial charge on any atom is -0.393 e. The van der Waals surface area contributed by atoms with Crippen molar-refractivity contribution in [3.8, 4) is 0 Å². The molecule has 0 spiro atoms. The Labute approximate surface area is 111 Å². The van der Waals surface area contributed by atoms with Crippen molar-refractivity contribution in [3.63, 3.8) is 0 Å². The van der Waals surface area contributed by atoms with Gasteiger partial charge in [0.2, 0.25) is 0 Å². The van der Waals surface area contributed by atoms with Gasteiger partial charge in [0.15, 0.2) is 0 Å². The maximum absolute atomic E-state index is 9.77. The number of hydrogen-bond donors (Lipinski definition) is 1. The average Bonchev–Trinajstić information content (AvgIpc) is 2.42. The van der Waals surface area contributed by atoms with Crippen LogP contribution in [0.25, 0.3) is 0 Å². The number of aliphatic hydroxyl groups excluding tert-OH is 1. The van der Waals surface area contributed by atoms with E-state index in [0.717, 1.165) is 19.3 Å². The molecule has 4 unspecified atom stereocenters. The van der Waals surface area contributed by atoms with Gasteiger partial charge in [-0.1, -0.05) is 19.3 Å². The van der Waals surface area contributed by atoms with E-state index in [1.807, 2.05) is 7.11 Å². The lowest BCUT2D eigenvalue weighted by Gasteiger charge is -2.41. The molecule has 0 radical (unpaired) electrons. The highest BCUT2D eigenvalue weighted by molar-refractivity contribution is 4.89. The Kier molecular flexibility index (Phi) is 5.46. The summed E-state index contributed by atoms with van der Waals surface area (Å²) in [6.45, 7) is 0. The van der Waals surface area contributed by atoms with Crippen LogP contribution in [0.1, 0.15) is 51.4 Å². The van der Waals surface area contributed by atoms with Gasteiger partial charge in [-0.05, 0) is 38.0 Å². The van der Waals surface area contributed by atoms with Gasteiger partial charge in [0.1, 0.15) is 0 Å². The quantitative estimate of drug-likeness (QED) is 0.840. The van der Waals surface area contributed by atoms with Crippen molar-refractivity contribution in [2.24, 2.45) is 11.8 Å². The zero-order valence-electron chi connectivity index (χ0n) is 11.8. The van der Waals surface area contributed by atoms with E-state index < -0.39 is 0 Å². The van der Waals surface area contributed by atoms with Gasteiger partial charge in [-0.25, -0.2) is 0 Å². The normalized spacial score (nSPS) is 36.5. The SMILES string of the molecule is COC1CC(O)CCC1C(OC)C1CCCCC1. The van der Waals surface area contributed by atoms with E-state index in [4.69, 9.17) is 9.47 Å². The first kappa shape index (κ1) is 14.3. The highest BCUT2D eigenvalue weighted by atomic mass is 16.5. The predicted octanol–water partition coefficient (Wildman–Crippen LogP) is 2.76. The molecule has 0 aliphatic heterocycles. The van der Waals surface area contributed by atoms with Crippen molar-refractivity contribution in [1.29, 1.82) is 0 Å². The highest BCUT2D eigenvalue weighted by Gasteiger charge is 2.39. The first-order valence-electron chi connectivity index (χ1n) is 7.50. The average molecular weight is 256 g/mol. The van der Waals surface area contributed by atoms with E-state index in [2.05, 4.69) is 0 Å². The second-order valence-corrected chi connectivity index (χ2v) is 6.00. The first-order valence-corrected chi connectivity index (χ1v) is 7.50. The fourth-order valence-electron chi connectivity index (χ4n) is 3.96. The minimum absolute atomic E-state index is 0.167. The number of aliphatic hydroxyl groups is 1. The number of rotatable bonds is 4. The zero-order chi connectivity index (χ0) is 13.0. The molecular formula is C15H28O3. The molecule has 0 heterocycles. The molecule has 2 aliphatic rings. The Bertz CT molecular complexity index is 236. The van der Waals surface area contributed by atoms with Gasteiger partial charge in [-0.15, -0.1) is 0 Å². The third kappa shape index (κ3) is 3.25. The molecule has 0 aromatic heterocycles. The number of ether oxygens (including phenoxy) is 2. The minimum atomic E-state index is -0.185. The van der Waals surface area contributed by atoms with Crippen molar-refractivity contribution < 1.29 is 14.6 Å². The van der Waals surface area contributed by atoms with E-state index in [9.17, 15) is 5.11 Å². The predicted molar refractivity (Wildman–Crippen MR) is 71.5 cm³/mol. The first-order chi connectivity index (χ1) is 8.76. The van der Waals surface area contributed by atoms with E-state index in [1.165, 1.54) is 32.1 Å². The van der Waals surface area contributed by atoms with Crippen LogP contribution >= 0.6 is 0 Å². The molecule has 0 aromatic carbocycles. The molecule has 0 saturated heterocycles. The zero-order valence-corrected chi connectivity index (χ0v) is 11.8. The fourth-order valence-corrected chi connectivity index (χ4v) is 3.96. The molecule has 0 bridgehead atoms. The molecule has 0 aromatic rings. The van der Waals surface area contributed by atoms with Gasteiger partial charge in [-0.2, -0.15) is 0 Å². The molecule has 4 atom stereocenters.